The Morgan fingerprint density at radius 2 is 2.33 bits per heavy atom. The van der Waals surface area contributed by atoms with Crippen LogP contribution in [0, 0.1) is 6.92 Å². The molecule has 1 aromatic carbocycles. The average Bonchev–Trinajstić information content (AvgIpc) is 2.76. The number of nitrogens with zero attached hydrogens (tertiary/aromatic N) is 3. The zero-order valence-corrected chi connectivity index (χ0v) is 11.6. The second-order valence-corrected chi connectivity index (χ2v) is 4.93. The zero-order valence-electron chi connectivity index (χ0n) is 11.6. The van der Waals surface area contributed by atoms with Gasteiger partial charge < -0.3 is 9.84 Å². The third kappa shape index (κ3) is 2.73. The summed E-state index contributed by atoms with van der Waals surface area (Å²) in [4.78, 5) is 17.8. The summed E-state index contributed by atoms with van der Waals surface area (Å²) in [5, 5.41) is 16.5. The molecule has 0 radical (unpaired) electrons. The van der Waals surface area contributed by atoms with E-state index in [2.05, 4.69) is 15.2 Å². The van der Waals surface area contributed by atoms with E-state index < -0.39 is 12.0 Å². The van der Waals surface area contributed by atoms with E-state index in [-0.39, 0.29) is 0 Å². The maximum Gasteiger partial charge on any atom is 0.325 e. The third-order valence-corrected chi connectivity index (χ3v) is 3.44. The molecule has 2 aromatic rings. The van der Waals surface area contributed by atoms with Crippen LogP contribution in [0.1, 0.15) is 23.3 Å². The van der Waals surface area contributed by atoms with Crippen molar-refractivity contribution < 1.29 is 14.6 Å². The molecule has 110 valence electrons. The molecule has 0 spiro atoms. The maximum absolute atomic E-state index is 11.7. The Bertz CT molecular complexity index is 655. The van der Waals surface area contributed by atoms with Crippen molar-refractivity contribution in [3.05, 3.63) is 41.5 Å². The summed E-state index contributed by atoms with van der Waals surface area (Å²) in [5.74, 6) is 1.01. The molecule has 7 heteroatoms. The fourth-order valence-corrected chi connectivity index (χ4v) is 2.54. The molecule has 7 nitrogen and oxygen atoms in total. The highest BCUT2D eigenvalue weighted by atomic mass is 16.5. The molecule has 1 unspecified atom stereocenters. The average molecular weight is 288 g/mol. The van der Waals surface area contributed by atoms with E-state index in [1.807, 2.05) is 24.0 Å². The van der Waals surface area contributed by atoms with E-state index in [0.29, 0.717) is 42.7 Å². The molecule has 1 atom stereocenters. The minimum absolute atomic E-state index is 0.360. The first-order chi connectivity index (χ1) is 10.1. The first-order valence-electron chi connectivity index (χ1n) is 6.71. The predicted octanol–water partition coefficient (Wildman–Crippen LogP) is 1.13. The molecule has 1 aliphatic heterocycles. The smallest absolute Gasteiger partial charge is 0.325 e. The second-order valence-electron chi connectivity index (χ2n) is 4.93. The molecule has 0 fully saturated rings. The van der Waals surface area contributed by atoms with Gasteiger partial charge in [0.05, 0.1) is 6.54 Å². The molecule has 3 rings (SSSR count). The Labute approximate surface area is 121 Å². The Morgan fingerprint density at radius 1 is 1.52 bits per heavy atom. The second kappa shape index (κ2) is 5.53. The van der Waals surface area contributed by atoms with Crippen molar-refractivity contribution in [3.63, 3.8) is 0 Å². The number of aromatic amines is 1. The molecule has 0 aliphatic carbocycles. The van der Waals surface area contributed by atoms with Crippen molar-refractivity contribution in [2.45, 2.75) is 19.5 Å². The predicted molar refractivity (Wildman–Crippen MR) is 73.8 cm³/mol. The SMILES string of the molecule is Cc1nc(CN2CCOc3ccccc3C2C(=O)O)n[nH]1. The van der Waals surface area contributed by atoms with E-state index >= 15 is 0 Å². The number of hydrogen-bond donors (Lipinski definition) is 2. The van der Waals surface area contributed by atoms with Crippen molar-refractivity contribution in [2.24, 2.45) is 0 Å². The third-order valence-electron chi connectivity index (χ3n) is 3.44. The van der Waals surface area contributed by atoms with Crippen molar-refractivity contribution in [1.82, 2.24) is 20.1 Å². The van der Waals surface area contributed by atoms with Crippen LogP contribution < -0.4 is 4.74 Å². The quantitative estimate of drug-likeness (QED) is 0.880. The van der Waals surface area contributed by atoms with Crippen LogP contribution in [0.5, 0.6) is 5.75 Å². The summed E-state index contributed by atoms with van der Waals surface area (Å²) in [5.41, 5.74) is 0.662. The highest BCUT2D eigenvalue weighted by Crippen LogP contribution is 2.32. The molecular formula is C14H16N4O3. The van der Waals surface area contributed by atoms with Gasteiger partial charge in [-0.1, -0.05) is 18.2 Å². The lowest BCUT2D eigenvalue weighted by atomic mass is 10.0. The Balaban J connectivity index is 1.94. The monoisotopic (exact) mass is 288 g/mol. The molecule has 2 heterocycles. The van der Waals surface area contributed by atoms with Gasteiger partial charge in [-0.05, 0) is 13.0 Å². The molecule has 2 N–H and O–H groups in total. The van der Waals surface area contributed by atoms with Crippen LogP contribution in [-0.2, 0) is 11.3 Å². The summed E-state index contributed by atoms with van der Waals surface area (Å²) >= 11 is 0. The first-order valence-corrected chi connectivity index (χ1v) is 6.71. The van der Waals surface area contributed by atoms with Crippen molar-refractivity contribution >= 4 is 5.97 Å². The van der Waals surface area contributed by atoms with Crippen LogP contribution in [0.2, 0.25) is 0 Å². The largest absolute Gasteiger partial charge is 0.492 e. The fourth-order valence-electron chi connectivity index (χ4n) is 2.54. The van der Waals surface area contributed by atoms with Crippen molar-refractivity contribution in [1.29, 1.82) is 0 Å². The molecule has 0 amide bonds. The van der Waals surface area contributed by atoms with Gasteiger partial charge >= 0.3 is 5.97 Å². The highest BCUT2D eigenvalue weighted by Gasteiger charge is 2.32. The summed E-state index contributed by atoms with van der Waals surface area (Å²) in [6.07, 6.45) is 0. The number of benzene rings is 1. The number of hydrogen-bond acceptors (Lipinski definition) is 5. The number of carboxylic acid groups (broad SMARTS) is 1. The highest BCUT2D eigenvalue weighted by molar-refractivity contribution is 5.76. The van der Waals surface area contributed by atoms with Gasteiger partial charge in [0.1, 0.15) is 24.2 Å². The first kappa shape index (κ1) is 13.6. The molecule has 0 bridgehead atoms. The summed E-state index contributed by atoms with van der Waals surface area (Å²) in [6.45, 7) is 3.11. The molecule has 1 aromatic heterocycles. The number of carboxylic acids is 1. The maximum atomic E-state index is 11.7. The standard InChI is InChI=1S/C14H16N4O3/c1-9-15-12(17-16-9)8-18-6-7-21-11-5-3-2-4-10(11)13(18)14(19)20/h2-5,13H,6-8H2,1H3,(H,19,20)(H,15,16,17). The van der Waals surface area contributed by atoms with Gasteiger partial charge in [-0.15, -0.1) is 0 Å². The number of fused-ring (bicyclic) bond motifs is 1. The number of rotatable bonds is 3. The Morgan fingerprint density at radius 3 is 3.05 bits per heavy atom. The van der Waals surface area contributed by atoms with E-state index in [0.717, 1.165) is 0 Å². The number of aryl methyl sites for hydroxylation is 1. The van der Waals surface area contributed by atoms with Crippen LogP contribution >= 0.6 is 0 Å². The Hall–Kier alpha value is -2.41. The minimum atomic E-state index is -0.903. The van der Waals surface area contributed by atoms with Gasteiger partial charge in [0.2, 0.25) is 0 Å². The summed E-state index contributed by atoms with van der Waals surface area (Å²) in [7, 11) is 0. The number of nitrogens with one attached hydrogen (secondary N) is 1. The van der Waals surface area contributed by atoms with Gasteiger partial charge in [0, 0.05) is 12.1 Å². The molecule has 21 heavy (non-hydrogen) atoms. The Kier molecular flexibility index (Phi) is 3.57. The van der Waals surface area contributed by atoms with Crippen molar-refractivity contribution in [2.75, 3.05) is 13.2 Å². The lowest BCUT2D eigenvalue weighted by Crippen LogP contribution is -2.35. The number of H-pyrrole nitrogens is 1. The number of carbonyl (C=O) groups is 1. The number of aliphatic carboxylic acids is 1. The van der Waals surface area contributed by atoms with E-state index in [1.165, 1.54) is 0 Å². The number of para-hydroxylation sites is 1. The zero-order chi connectivity index (χ0) is 14.8. The lowest BCUT2D eigenvalue weighted by Gasteiger charge is -2.25. The van der Waals surface area contributed by atoms with Gasteiger partial charge in [-0.3, -0.25) is 14.8 Å². The number of aromatic nitrogens is 3. The topological polar surface area (TPSA) is 91.3 Å². The van der Waals surface area contributed by atoms with Crippen LogP contribution in [0.25, 0.3) is 0 Å². The fraction of sp³-hybridized carbons (Fsp3) is 0.357. The van der Waals surface area contributed by atoms with Crippen LogP contribution in [-0.4, -0.2) is 44.3 Å². The summed E-state index contributed by atoms with van der Waals surface area (Å²) < 4.78 is 5.65. The van der Waals surface area contributed by atoms with Gasteiger partial charge in [0.15, 0.2) is 5.82 Å². The van der Waals surface area contributed by atoms with E-state index in [9.17, 15) is 9.90 Å². The van der Waals surface area contributed by atoms with Crippen LogP contribution in [0.4, 0.5) is 0 Å². The number of ether oxygens (including phenoxy) is 1. The normalized spacial score (nSPS) is 18.6. The molecule has 1 aliphatic rings. The van der Waals surface area contributed by atoms with Gasteiger partial charge in [0.25, 0.3) is 0 Å². The van der Waals surface area contributed by atoms with Gasteiger partial charge in [-0.25, -0.2) is 4.98 Å². The van der Waals surface area contributed by atoms with Crippen LogP contribution in [0.3, 0.4) is 0 Å². The van der Waals surface area contributed by atoms with Crippen LogP contribution in [0.15, 0.2) is 24.3 Å². The molecular weight excluding hydrogens is 272 g/mol. The van der Waals surface area contributed by atoms with Gasteiger partial charge in [-0.2, -0.15) is 5.10 Å². The van der Waals surface area contributed by atoms with E-state index in [1.54, 1.807) is 12.1 Å². The van der Waals surface area contributed by atoms with E-state index in [4.69, 9.17) is 4.74 Å². The molecule has 0 saturated heterocycles. The molecule has 0 saturated carbocycles. The summed E-state index contributed by atoms with van der Waals surface area (Å²) in [6, 6.07) is 6.48. The lowest BCUT2D eigenvalue weighted by molar-refractivity contribution is -0.143. The minimum Gasteiger partial charge on any atom is -0.492 e. The van der Waals surface area contributed by atoms with Crippen molar-refractivity contribution in [3.8, 4) is 5.75 Å².